The van der Waals surface area contributed by atoms with Crippen molar-refractivity contribution in [2.24, 2.45) is 0 Å². The summed E-state index contributed by atoms with van der Waals surface area (Å²) in [6, 6.07) is 4.36. The molecule has 6 heteroatoms. The van der Waals surface area contributed by atoms with Gasteiger partial charge in [-0.1, -0.05) is 22.0 Å². The third-order valence-corrected chi connectivity index (χ3v) is 2.55. The standard InChI is InChI=1S/C9H6BrF3O2/c10-4-5-1-2-6-7(3-5)14-8(11)9(12,13)15-6/h1-3,8H,4H2. The molecule has 0 saturated heterocycles. The molecular weight excluding hydrogens is 277 g/mol. The van der Waals surface area contributed by atoms with Crippen molar-refractivity contribution in [1.82, 2.24) is 0 Å². The number of benzene rings is 1. The molecule has 0 amide bonds. The zero-order chi connectivity index (χ0) is 11.1. The Balaban J connectivity index is 2.37. The van der Waals surface area contributed by atoms with E-state index in [0.717, 1.165) is 5.56 Å². The second kappa shape index (κ2) is 3.59. The number of ether oxygens (including phenoxy) is 2. The van der Waals surface area contributed by atoms with Gasteiger partial charge in [0.05, 0.1) is 0 Å². The lowest BCUT2D eigenvalue weighted by Gasteiger charge is -2.28. The third kappa shape index (κ3) is 1.90. The first-order valence-corrected chi connectivity index (χ1v) is 5.21. The Hall–Kier alpha value is -0.910. The maximum absolute atomic E-state index is 12.8. The minimum atomic E-state index is -3.93. The molecule has 1 unspecified atom stereocenters. The highest BCUT2D eigenvalue weighted by atomic mass is 79.9. The molecular formula is C9H6BrF3O2. The summed E-state index contributed by atoms with van der Waals surface area (Å²) in [6.07, 6.45) is -6.70. The van der Waals surface area contributed by atoms with Crippen molar-refractivity contribution in [2.75, 3.05) is 0 Å². The molecule has 0 aromatic heterocycles. The lowest BCUT2D eigenvalue weighted by Crippen LogP contribution is -2.43. The molecule has 1 aromatic carbocycles. The largest absolute Gasteiger partial charge is 0.468 e. The average Bonchev–Trinajstić information content (AvgIpc) is 2.19. The Morgan fingerprint density at radius 3 is 2.73 bits per heavy atom. The van der Waals surface area contributed by atoms with E-state index in [4.69, 9.17) is 0 Å². The Morgan fingerprint density at radius 1 is 1.33 bits per heavy atom. The van der Waals surface area contributed by atoms with Crippen LogP contribution in [-0.4, -0.2) is 12.5 Å². The summed E-state index contributed by atoms with van der Waals surface area (Å²) in [5, 5.41) is 0.525. The van der Waals surface area contributed by atoms with Crippen LogP contribution in [0, 0.1) is 0 Å². The SMILES string of the molecule is FC1Oc2cc(CBr)ccc2OC1(F)F. The molecule has 0 bridgehead atoms. The van der Waals surface area contributed by atoms with Crippen molar-refractivity contribution >= 4 is 15.9 Å². The third-order valence-electron chi connectivity index (χ3n) is 1.90. The molecule has 15 heavy (non-hydrogen) atoms. The van der Waals surface area contributed by atoms with Gasteiger partial charge in [0.25, 0.3) is 0 Å². The van der Waals surface area contributed by atoms with Crippen molar-refractivity contribution < 1.29 is 22.6 Å². The molecule has 0 saturated carbocycles. The second-order valence-electron chi connectivity index (χ2n) is 3.01. The summed E-state index contributed by atoms with van der Waals surface area (Å²) in [4.78, 5) is 0. The number of halogens is 4. The van der Waals surface area contributed by atoms with Crippen LogP contribution in [0.25, 0.3) is 0 Å². The monoisotopic (exact) mass is 282 g/mol. The molecule has 0 spiro atoms. The highest BCUT2D eigenvalue weighted by Gasteiger charge is 2.49. The summed E-state index contributed by atoms with van der Waals surface area (Å²) < 4.78 is 46.8. The van der Waals surface area contributed by atoms with Crippen LogP contribution < -0.4 is 9.47 Å². The average molecular weight is 283 g/mol. The van der Waals surface area contributed by atoms with Gasteiger partial charge in [-0.15, -0.1) is 0 Å². The normalized spacial score (nSPS) is 22.5. The molecule has 1 heterocycles. The van der Waals surface area contributed by atoms with Gasteiger partial charge in [0.15, 0.2) is 11.5 Å². The molecule has 1 aliphatic heterocycles. The lowest BCUT2D eigenvalue weighted by atomic mass is 10.2. The maximum atomic E-state index is 12.8. The highest BCUT2D eigenvalue weighted by molar-refractivity contribution is 9.08. The van der Waals surface area contributed by atoms with E-state index in [1.807, 2.05) is 0 Å². The quantitative estimate of drug-likeness (QED) is 0.737. The van der Waals surface area contributed by atoms with Gasteiger partial charge in [-0.2, -0.15) is 13.2 Å². The Kier molecular flexibility index (Phi) is 2.54. The van der Waals surface area contributed by atoms with Gasteiger partial charge in [0, 0.05) is 5.33 Å². The van der Waals surface area contributed by atoms with E-state index in [9.17, 15) is 13.2 Å². The Labute approximate surface area is 92.1 Å². The fraction of sp³-hybridized carbons (Fsp3) is 0.333. The summed E-state index contributed by atoms with van der Waals surface area (Å²) in [5.74, 6) is -0.163. The molecule has 82 valence electrons. The first kappa shape index (κ1) is 10.6. The zero-order valence-electron chi connectivity index (χ0n) is 7.34. The van der Waals surface area contributed by atoms with Crippen LogP contribution in [0.1, 0.15) is 5.56 Å². The van der Waals surface area contributed by atoms with Crippen molar-refractivity contribution in [3.05, 3.63) is 23.8 Å². The van der Waals surface area contributed by atoms with E-state index < -0.39 is 12.5 Å². The molecule has 1 atom stereocenters. The topological polar surface area (TPSA) is 18.5 Å². The number of rotatable bonds is 1. The fourth-order valence-corrected chi connectivity index (χ4v) is 1.53. The number of hydrogen-bond donors (Lipinski definition) is 0. The van der Waals surface area contributed by atoms with Crippen molar-refractivity contribution in [3.63, 3.8) is 0 Å². The van der Waals surface area contributed by atoms with E-state index in [0.29, 0.717) is 5.33 Å². The second-order valence-corrected chi connectivity index (χ2v) is 3.57. The minimum absolute atomic E-state index is 0.00891. The van der Waals surface area contributed by atoms with Crippen molar-refractivity contribution in [1.29, 1.82) is 0 Å². The fourth-order valence-electron chi connectivity index (χ4n) is 1.19. The van der Waals surface area contributed by atoms with Crippen LogP contribution in [0.15, 0.2) is 18.2 Å². The smallest absolute Gasteiger partial charge is 0.447 e. The minimum Gasteiger partial charge on any atom is -0.447 e. The molecule has 0 N–H and O–H groups in total. The van der Waals surface area contributed by atoms with Crippen LogP contribution in [0.3, 0.4) is 0 Å². The van der Waals surface area contributed by atoms with Crippen molar-refractivity contribution in [3.8, 4) is 11.5 Å². The maximum Gasteiger partial charge on any atom is 0.468 e. The molecule has 2 nitrogen and oxygen atoms in total. The van der Waals surface area contributed by atoms with E-state index in [-0.39, 0.29) is 11.5 Å². The highest BCUT2D eigenvalue weighted by Crippen LogP contribution is 2.40. The zero-order valence-corrected chi connectivity index (χ0v) is 8.93. The summed E-state index contributed by atoms with van der Waals surface area (Å²) in [6.45, 7) is 0. The predicted molar refractivity (Wildman–Crippen MR) is 50.2 cm³/mol. The summed E-state index contributed by atoms with van der Waals surface area (Å²) >= 11 is 3.18. The predicted octanol–water partition coefficient (Wildman–Crippen LogP) is 3.24. The number of fused-ring (bicyclic) bond motifs is 1. The van der Waals surface area contributed by atoms with Crippen LogP contribution in [0.2, 0.25) is 0 Å². The molecule has 0 radical (unpaired) electrons. The van der Waals surface area contributed by atoms with Gasteiger partial charge < -0.3 is 9.47 Å². The molecule has 1 aliphatic rings. The van der Waals surface area contributed by atoms with Gasteiger partial charge >= 0.3 is 12.5 Å². The van der Waals surface area contributed by atoms with E-state index in [1.54, 1.807) is 6.07 Å². The van der Waals surface area contributed by atoms with E-state index in [1.165, 1.54) is 12.1 Å². The van der Waals surface area contributed by atoms with Gasteiger partial charge in [-0.05, 0) is 17.7 Å². The number of hydrogen-bond acceptors (Lipinski definition) is 2. The van der Waals surface area contributed by atoms with Crippen LogP contribution in [0.4, 0.5) is 13.2 Å². The van der Waals surface area contributed by atoms with Gasteiger partial charge in [0.2, 0.25) is 0 Å². The van der Waals surface area contributed by atoms with Crippen molar-refractivity contribution in [2.45, 2.75) is 17.8 Å². The molecule has 1 aromatic rings. The van der Waals surface area contributed by atoms with Crippen LogP contribution >= 0.6 is 15.9 Å². The summed E-state index contributed by atoms with van der Waals surface area (Å²) in [7, 11) is 0. The van der Waals surface area contributed by atoms with Crippen LogP contribution in [0.5, 0.6) is 11.5 Å². The summed E-state index contributed by atoms with van der Waals surface area (Å²) in [5.41, 5.74) is 0.787. The Morgan fingerprint density at radius 2 is 2.07 bits per heavy atom. The molecule has 0 aliphatic carbocycles. The van der Waals surface area contributed by atoms with E-state index in [2.05, 4.69) is 25.4 Å². The van der Waals surface area contributed by atoms with Crippen LogP contribution in [-0.2, 0) is 5.33 Å². The Bertz CT molecular complexity index is 384. The molecule has 2 rings (SSSR count). The van der Waals surface area contributed by atoms with Gasteiger partial charge in [-0.3, -0.25) is 0 Å². The van der Waals surface area contributed by atoms with Gasteiger partial charge in [0.1, 0.15) is 0 Å². The van der Waals surface area contributed by atoms with E-state index >= 15 is 0 Å². The van der Waals surface area contributed by atoms with Gasteiger partial charge in [-0.25, -0.2) is 0 Å². The first-order valence-electron chi connectivity index (χ1n) is 4.09. The first-order chi connectivity index (χ1) is 7.03. The lowest BCUT2D eigenvalue weighted by molar-refractivity contribution is -0.281. The number of alkyl halides is 4. The molecule has 0 fully saturated rings.